The molecule has 0 unspecified atom stereocenters. The molecule has 0 N–H and O–H groups in total. The largest absolute Gasteiger partial charge is 0.465 e. The van der Waals surface area contributed by atoms with Gasteiger partial charge >= 0.3 is 11.9 Å². The van der Waals surface area contributed by atoms with Gasteiger partial charge in [0.2, 0.25) is 10.0 Å². The number of benzene rings is 2. The number of carbonyl (C=O) groups is 2. The lowest BCUT2D eigenvalue weighted by molar-refractivity contribution is -0.140. The molecule has 0 saturated carbocycles. The van der Waals surface area contributed by atoms with E-state index in [1.54, 1.807) is 12.1 Å². The van der Waals surface area contributed by atoms with Crippen LogP contribution in [0.2, 0.25) is 0 Å². The van der Waals surface area contributed by atoms with Crippen LogP contribution < -0.4 is 4.74 Å². The average Bonchev–Trinajstić information content (AvgIpc) is 2.74. The predicted molar refractivity (Wildman–Crippen MR) is 107 cm³/mol. The Labute approximate surface area is 170 Å². The Kier molecular flexibility index (Phi) is 6.66. The molecule has 0 aromatic heterocycles. The molecule has 0 bridgehead atoms. The number of carbonyl (C=O) groups excluding carboxylic acids is 2. The van der Waals surface area contributed by atoms with Crippen molar-refractivity contribution in [2.45, 2.75) is 18.6 Å². The second-order valence-electron chi connectivity index (χ2n) is 6.85. The van der Waals surface area contributed by atoms with E-state index in [4.69, 9.17) is 4.74 Å². The van der Waals surface area contributed by atoms with Gasteiger partial charge in [0.05, 0.1) is 24.3 Å². The van der Waals surface area contributed by atoms with Crippen LogP contribution in [0.5, 0.6) is 5.75 Å². The van der Waals surface area contributed by atoms with Crippen molar-refractivity contribution in [2.24, 2.45) is 5.92 Å². The number of hydrogen-bond donors (Lipinski definition) is 0. The number of esters is 2. The fourth-order valence-corrected chi connectivity index (χ4v) is 4.79. The van der Waals surface area contributed by atoms with E-state index in [9.17, 15) is 18.0 Å². The number of nitrogens with zero attached hydrogens (tertiary/aromatic N) is 1. The molecule has 0 aliphatic carbocycles. The van der Waals surface area contributed by atoms with Gasteiger partial charge in [0.15, 0.2) is 0 Å². The molecule has 154 valence electrons. The standard InChI is InChI=1S/C21H23NO6S/c1-27-20(23)17-7-9-19(10-8-17)28-21(24)18-11-13-22(14-12-18)29(25,26)15-16-5-3-2-4-6-16/h2-10,18H,11-15H2,1H3. The van der Waals surface area contributed by atoms with Gasteiger partial charge < -0.3 is 9.47 Å². The van der Waals surface area contributed by atoms with E-state index in [1.165, 1.54) is 35.7 Å². The molecule has 29 heavy (non-hydrogen) atoms. The van der Waals surface area contributed by atoms with Gasteiger partial charge in [0.25, 0.3) is 0 Å². The summed E-state index contributed by atoms with van der Waals surface area (Å²) in [4.78, 5) is 23.8. The van der Waals surface area contributed by atoms with Crippen LogP contribution in [0, 0.1) is 5.92 Å². The molecule has 7 nitrogen and oxygen atoms in total. The minimum atomic E-state index is -3.42. The van der Waals surface area contributed by atoms with Crippen molar-refractivity contribution in [1.82, 2.24) is 4.31 Å². The van der Waals surface area contributed by atoms with Crippen molar-refractivity contribution in [3.05, 3.63) is 65.7 Å². The zero-order valence-electron chi connectivity index (χ0n) is 16.1. The summed E-state index contributed by atoms with van der Waals surface area (Å²) in [7, 11) is -2.13. The Bertz CT molecular complexity index is 948. The van der Waals surface area contributed by atoms with Crippen LogP contribution in [0.25, 0.3) is 0 Å². The number of piperidine rings is 1. The molecule has 2 aromatic carbocycles. The molecule has 0 radical (unpaired) electrons. The topological polar surface area (TPSA) is 90.0 Å². The monoisotopic (exact) mass is 417 g/mol. The number of sulfonamides is 1. The molecular weight excluding hydrogens is 394 g/mol. The first-order valence-electron chi connectivity index (χ1n) is 9.31. The van der Waals surface area contributed by atoms with Gasteiger partial charge in [0.1, 0.15) is 5.75 Å². The molecule has 1 heterocycles. The summed E-state index contributed by atoms with van der Waals surface area (Å²) in [6, 6.07) is 15.1. The first-order valence-corrected chi connectivity index (χ1v) is 10.9. The van der Waals surface area contributed by atoms with E-state index in [2.05, 4.69) is 4.74 Å². The van der Waals surface area contributed by atoms with Crippen molar-refractivity contribution in [3.8, 4) is 5.75 Å². The molecule has 2 aromatic rings. The average molecular weight is 417 g/mol. The van der Waals surface area contributed by atoms with Crippen LogP contribution >= 0.6 is 0 Å². The van der Waals surface area contributed by atoms with E-state index in [0.29, 0.717) is 24.2 Å². The quantitative estimate of drug-likeness (QED) is 0.530. The highest BCUT2D eigenvalue weighted by atomic mass is 32.2. The smallest absolute Gasteiger partial charge is 0.337 e. The molecular formula is C21H23NO6S. The number of hydrogen-bond acceptors (Lipinski definition) is 6. The van der Waals surface area contributed by atoms with Gasteiger partial charge in [0, 0.05) is 13.1 Å². The van der Waals surface area contributed by atoms with Crippen LogP contribution in [0.4, 0.5) is 0 Å². The number of ether oxygens (including phenoxy) is 2. The molecule has 1 fully saturated rings. The van der Waals surface area contributed by atoms with Gasteiger partial charge in [-0.1, -0.05) is 30.3 Å². The fraction of sp³-hybridized carbons (Fsp3) is 0.333. The van der Waals surface area contributed by atoms with E-state index >= 15 is 0 Å². The lowest BCUT2D eigenvalue weighted by Crippen LogP contribution is -2.41. The Morgan fingerprint density at radius 3 is 2.21 bits per heavy atom. The van der Waals surface area contributed by atoms with Crippen LogP contribution in [-0.4, -0.2) is 44.9 Å². The lowest BCUT2D eigenvalue weighted by atomic mass is 9.98. The van der Waals surface area contributed by atoms with Crippen molar-refractivity contribution in [1.29, 1.82) is 0 Å². The van der Waals surface area contributed by atoms with Gasteiger partial charge in [-0.2, -0.15) is 0 Å². The van der Waals surface area contributed by atoms with E-state index in [-0.39, 0.29) is 24.8 Å². The SMILES string of the molecule is COC(=O)c1ccc(OC(=O)C2CCN(S(=O)(=O)Cc3ccccc3)CC2)cc1. The maximum atomic E-state index is 12.6. The van der Waals surface area contributed by atoms with Gasteiger partial charge in [-0.05, 0) is 42.7 Å². The molecule has 0 spiro atoms. The normalized spacial score (nSPS) is 15.6. The molecule has 1 aliphatic heterocycles. The Morgan fingerprint density at radius 1 is 1.00 bits per heavy atom. The van der Waals surface area contributed by atoms with Gasteiger partial charge in [-0.3, -0.25) is 4.79 Å². The zero-order valence-corrected chi connectivity index (χ0v) is 16.9. The molecule has 0 atom stereocenters. The molecule has 1 saturated heterocycles. The Morgan fingerprint density at radius 2 is 1.62 bits per heavy atom. The van der Waals surface area contributed by atoms with Crippen molar-refractivity contribution in [3.63, 3.8) is 0 Å². The Balaban J connectivity index is 1.53. The molecule has 1 aliphatic rings. The maximum absolute atomic E-state index is 12.6. The van der Waals surface area contributed by atoms with Crippen molar-refractivity contribution >= 4 is 22.0 Å². The van der Waals surface area contributed by atoms with E-state index < -0.39 is 22.0 Å². The highest BCUT2D eigenvalue weighted by Crippen LogP contribution is 2.24. The summed E-state index contributed by atoms with van der Waals surface area (Å²) in [6.45, 7) is 0.576. The van der Waals surface area contributed by atoms with E-state index in [0.717, 1.165) is 5.56 Å². The first kappa shape index (κ1) is 21.0. The summed E-state index contributed by atoms with van der Waals surface area (Å²) in [6.07, 6.45) is 0.820. The second kappa shape index (κ2) is 9.19. The maximum Gasteiger partial charge on any atom is 0.337 e. The van der Waals surface area contributed by atoms with Crippen LogP contribution in [0.3, 0.4) is 0 Å². The fourth-order valence-electron chi connectivity index (χ4n) is 3.22. The summed E-state index contributed by atoms with van der Waals surface area (Å²) < 4.78 is 36.7. The van der Waals surface area contributed by atoms with Crippen LogP contribution in [-0.2, 0) is 25.3 Å². The predicted octanol–water partition coefficient (Wildman–Crippen LogP) is 2.62. The molecule has 3 rings (SSSR count). The highest BCUT2D eigenvalue weighted by Gasteiger charge is 2.32. The van der Waals surface area contributed by atoms with E-state index in [1.807, 2.05) is 18.2 Å². The van der Waals surface area contributed by atoms with Crippen LogP contribution in [0.1, 0.15) is 28.8 Å². The zero-order chi connectivity index (χ0) is 20.9. The van der Waals surface area contributed by atoms with Gasteiger partial charge in [-0.15, -0.1) is 0 Å². The summed E-state index contributed by atoms with van der Waals surface area (Å²) >= 11 is 0. The highest BCUT2D eigenvalue weighted by molar-refractivity contribution is 7.88. The number of rotatable bonds is 6. The second-order valence-corrected chi connectivity index (χ2v) is 8.82. The number of methoxy groups -OCH3 is 1. The summed E-state index contributed by atoms with van der Waals surface area (Å²) in [5.41, 5.74) is 1.11. The Hall–Kier alpha value is -2.71. The molecule has 0 amide bonds. The van der Waals surface area contributed by atoms with Crippen molar-refractivity contribution in [2.75, 3.05) is 20.2 Å². The third-order valence-electron chi connectivity index (χ3n) is 4.87. The minimum absolute atomic E-state index is 0.0461. The van der Waals surface area contributed by atoms with Crippen molar-refractivity contribution < 1.29 is 27.5 Å². The first-order chi connectivity index (χ1) is 13.9. The third kappa shape index (κ3) is 5.42. The summed E-state index contributed by atoms with van der Waals surface area (Å²) in [5.74, 6) is -0.932. The molecule has 8 heteroatoms. The van der Waals surface area contributed by atoms with Gasteiger partial charge in [-0.25, -0.2) is 17.5 Å². The lowest BCUT2D eigenvalue weighted by Gasteiger charge is -2.30. The summed E-state index contributed by atoms with van der Waals surface area (Å²) in [5, 5.41) is 0. The third-order valence-corrected chi connectivity index (χ3v) is 6.72. The van der Waals surface area contributed by atoms with Crippen LogP contribution in [0.15, 0.2) is 54.6 Å². The minimum Gasteiger partial charge on any atom is -0.465 e.